The minimum absolute atomic E-state index is 0.465. The maximum atomic E-state index is 4.26. The first-order valence-electron chi connectivity index (χ1n) is 17.5. The molecule has 5 aromatic rings. The first-order chi connectivity index (χ1) is 24.7. The molecular formula is C49H45N. The molecule has 1 unspecified atom stereocenters. The lowest BCUT2D eigenvalue weighted by Crippen LogP contribution is -2.29. The van der Waals surface area contributed by atoms with E-state index in [-0.39, 0.29) is 0 Å². The van der Waals surface area contributed by atoms with Gasteiger partial charge in [-0.3, -0.25) is 0 Å². The van der Waals surface area contributed by atoms with Gasteiger partial charge in [0.1, 0.15) is 0 Å². The summed E-state index contributed by atoms with van der Waals surface area (Å²) in [6, 6.07) is 48.5. The van der Waals surface area contributed by atoms with E-state index in [9.17, 15) is 0 Å². The van der Waals surface area contributed by atoms with Crippen molar-refractivity contribution >= 4 is 28.2 Å². The first kappa shape index (κ1) is 34.0. The summed E-state index contributed by atoms with van der Waals surface area (Å²) >= 11 is 0. The van der Waals surface area contributed by atoms with E-state index in [2.05, 4.69) is 189 Å². The Bertz CT molecular complexity index is 2070. The molecule has 2 aliphatic rings. The van der Waals surface area contributed by atoms with Crippen molar-refractivity contribution in [3.8, 4) is 0 Å². The number of rotatable bonds is 9. The Balaban J connectivity index is 0.000000808. The Morgan fingerprint density at radius 2 is 1.22 bits per heavy atom. The lowest BCUT2D eigenvalue weighted by molar-refractivity contribution is 0.761. The maximum Gasteiger partial charge on any atom is 0.0713 e. The predicted molar refractivity (Wildman–Crippen MR) is 217 cm³/mol. The van der Waals surface area contributed by atoms with E-state index in [1.54, 1.807) is 6.08 Å². The number of anilines is 3. The lowest BCUT2D eigenvalue weighted by atomic mass is 9.66. The Labute approximate surface area is 299 Å². The number of nitrogens with zero attached hydrogens (tertiary/aromatic N) is 1. The highest BCUT2D eigenvalue weighted by atomic mass is 15.1. The molecule has 0 N–H and O–H groups in total. The van der Waals surface area contributed by atoms with Crippen LogP contribution in [0.15, 0.2) is 207 Å². The van der Waals surface area contributed by atoms with Gasteiger partial charge in [0, 0.05) is 17.1 Å². The Kier molecular flexibility index (Phi) is 10.9. The van der Waals surface area contributed by atoms with Gasteiger partial charge in [0.25, 0.3) is 0 Å². The van der Waals surface area contributed by atoms with Crippen LogP contribution in [0.5, 0.6) is 0 Å². The lowest BCUT2D eigenvalue weighted by Gasteiger charge is -2.35. The van der Waals surface area contributed by atoms with Crippen LogP contribution in [0.25, 0.3) is 11.1 Å². The number of hydrogen-bond donors (Lipinski definition) is 0. The molecule has 0 radical (unpaired) electrons. The van der Waals surface area contributed by atoms with Crippen molar-refractivity contribution in [3.05, 3.63) is 235 Å². The molecule has 0 bridgehead atoms. The van der Waals surface area contributed by atoms with Gasteiger partial charge in [-0.2, -0.15) is 0 Å². The van der Waals surface area contributed by atoms with Crippen LogP contribution in [0, 0.1) is 0 Å². The number of hydrogen-bond acceptors (Lipinski definition) is 1. The van der Waals surface area contributed by atoms with Crippen molar-refractivity contribution in [1.82, 2.24) is 0 Å². The molecular weight excluding hydrogens is 603 g/mol. The molecule has 1 nitrogen and oxygen atoms in total. The highest BCUT2D eigenvalue weighted by Gasteiger charge is 2.46. The molecule has 0 aromatic heterocycles. The standard InChI is InChI=1S/C44H37N.C5H8/c1-3-16-42-40(4-2)41-23-14-15-24-43(41)44(42,35-19-10-6-11-20-35)36-27-31-39(32-28-36)45(37-21-12-7-13-22-37)38-29-25-34(26-30-38)33-17-8-5-9-18-33;1-3-5-4-2/h3-4,6-8,10-32H,2,5,9H2,1H3;3-5H,1H2,2H3/b16-3-;5-4-. The van der Waals surface area contributed by atoms with E-state index < -0.39 is 5.41 Å². The molecule has 0 amide bonds. The van der Waals surface area contributed by atoms with Crippen LogP contribution in [0.1, 0.15) is 54.5 Å². The van der Waals surface area contributed by atoms with Crippen LogP contribution >= 0.6 is 0 Å². The zero-order valence-electron chi connectivity index (χ0n) is 29.2. The van der Waals surface area contributed by atoms with E-state index >= 15 is 0 Å². The summed E-state index contributed by atoms with van der Waals surface area (Å²) in [5.74, 6) is 0. The Morgan fingerprint density at radius 3 is 1.80 bits per heavy atom. The zero-order chi connectivity index (χ0) is 34.8. The molecule has 0 fully saturated rings. The third kappa shape index (κ3) is 6.56. The van der Waals surface area contributed by atoms with Crippen molar-refractivity contribution in [2.24, 2.45) is 0 Å². The molecule has 0 aliphatic heterocycles. The van der Waals surface area contributed by atoms with E-state index in [0.29, 0.717) is 0 Å². The summed E-state index contributed by atoms with van der Waals surface area (Å²) in [4.78, 5) is 2.34. The van der Waals surface area contributed by atoms with Crippen molar-refractivity contribution in [1.29, 1.82) is 0 Å². The molecule has 0 saturated heterocycles. The van der Waals surface area contributed by atoms with E-state index in [1.807, 2.05) is 25.2 Å². The van der Waals surface area contributed by atoms with Gasteiger partial charge < -0.3 is 4.90 Å². The first-order valence-corrected chi connectivity index (χ1v) is 17.5. The van der Waals surface area contributed by atoms with Gasteiger partial charge in [-0.1, -0.05) is 165 Å². The van der Waals surface area contributed by atoms with Crippen LogP contribution in [-0.2, 0) is 5.41 Å². The average Bonchev–Trinajstić information content (AvgIpc) is 3.47. The summed E-state index contributed by atoms with van der Waals surface area (Å²) < 4.78 is 0. The third-order valence-electron chi connectivity index (χ3n) is 9.41. The summed E-state index contributed by atoms with van der Waals surface area (Å²) in [7, 11) is 0. The monoisotopic (exact) mass is 647 g/mol. The van der Waals surface area contributed by atoms with Crippen molar-refractivity contribution in [2.45, 2.75) is 32.1 Å². The Morgan fingerprint density at radius 1 is 0.620 bits per heavy atom. The van der Waals surface area contributed by atoms with Gasteiger partial charge in [0.05, 0.1) is 5.41 Å². The maximum absolute atomic E-state index is 4.26. The van der Waals surface area contributed by atoms with E-state index in [0.717, 1.165) is 29.9 Å². The largest absolute Gasteiger partial charge is 0.311 e. The summed E-state index contributed by atoms with van der Waals surface area (Å²) in [6.07, 6.45) is 21.1. The van der Waals surface area contributed by atoms with Gasteiger partial charge in [-0.05, 0) is 108 Å². The summed E-state index contributed by atoms with van der Waals surface area (Å²) in [5, 5.41) is 0. The number of allylic oxidation sites excluding steroid dienone is 12. The second kappa shape index (κ2) is 16.0. The van der Waals surface area contributed by atoms with Gasteiger partial charge in [-0.15, -0.1) is 0 Å². The molecule has 0 spiro atoms. The molecule has 5 aromatic carbocycles. The minimum atomic E-state index is -0.465. The highest BCUT2D eigenvalue weighted by Crippen LogP contribution is 2.55. The molecule has 246 valence electrons. The molecule has 2 aliphatic carbocycles. The van der Waals surface area contributed by atoms with Gasteiger partial charge >= 0.3 is 0 Å². The van der Waals surface area contributed by atoms with Crippen LogP contribution < -0.4 is 4.90 Å². The van der Waals surface area contributed by atoms with Gasteiger partial charge in [0.2, 0.25) is 0 Å². The van der Waals surface area contributed by atoms with Crippen LogP contribution in [-0.4, -0.2) is 0 Å². The summed E-state index contributed by atoms with van der Waals surface area (Å²) in [5.41, 5.74) is 12.9. The molecule has 1 heteroatoms. The topological polar surface area (TPSA) is 3.24 Å². The smallest absolute Gasteiger partial charge is 0.0713 e. The second-order valence-corrected chi connectivity index (χ2v) is 12.4. The minimum Gasteiger partial charge on any atom is -0.311 e. The second-order valence-electron chi connectivity index (χ2n) is 12.4. The van der Waals surface area contributed by atoms with Crippen LogP contribution in [0.2, 0.25) is 0 Å². The van der Waals surface area contributed by atoms with Crippen LogP contribution in [0.3, 0.4) is 0 Å². The van der Waals surface area contributed by atoms with Crippen molar-refractivity contribution in [2.75, 3.05) is 4.90 Å². The highest BCUT2D eigenvalue weighted by molar-refractivity contribution is 5.92. The molecule has 50 heavy (non-hydrogen) atoms. The number of benzene rings is 5. The normalized spacial score (nSPS) is 16.5. The predicted octanol–water partition coefficient (Wildman–Crippen LogP) is 13.5. The fourth-order valence-electron chi connectivity index (χ4n) is 7.27. The quantitative estimate of drug-likeness (QED) is 0.144. The molecule has 7 rings (SSSR count). The average molecular weight is 648 g/mol. The summed E-state index contributed by atoms with van der Waals surface area (Å²) in [6.45, 7) is 11.8. The van der Waals surface area contributed by atoms with E-state index in [4.69, 9.17) is 0 Å². The van der Waals surface area contributed by atoms with Crippen molar-refractivity contribution in [3.63, 3.8) is 0 Å². The van der Waals surface area contributed by atoms with Crippen LogP contribution in [0.4, 0.5) is 17.1 Å². The molecule has 0 saturated carbocycles. The molecule has 1 atom stereocenters. The SMILES string of the molecule is C=C/C=C\C.C=CC1=C(/C=C\C)C(c2ccccc2)(c2ccc(N(c3ccccc3)c3ccc(C4=CCCC=C4)cc3)cc2)c2ccccc21. The van der Waals surface area contributed by atoms with E-state index in [1.165, 1.54) is 44.5 Å². The fourth-order valence-corrected chi connectivity index (χ4v) is 7.27. The molecule has 0 heterocycles. The Hall–Kier alpha value is -5.92. The van der Waals surface area contributed by atoms with Crippen molar-refractivity contribution < 1.29 is 0 Å². The third-order valence-corrected chi connectivity index (χ3v) is 9.41. The van der Waals surface area contributed by atoms with Gasteiger partial charge in [-0.25, -0.2) is 0 Å². The number of para-hydroxylation sites is 1. The number of fused-ring (bicyclic) bond motifs is 1. The fraction of sp³-hybridized carbons (Fsp3) is 0.102. The zero-order valence-corrected chi connectivity index (χ0v) is 29.2. The van der Waals surface area contributed by atoms with Gasteiger partial charge in [0.15, 0.2) is 0 Å².